The number of rotatable bonds is 12. The zero-order valence-corrected chi connectivity index (χ0v) is 11.1. The van der Waals surface area contributed by atoms with Crippen LogP contribution >= 0.6 is 12.0 Å². The molecule has 0 aliphatic rings. The van der Waals surface area contributed by atoms with E-state index in [9.17, 15) is 13.6 Å². The third kappa shape index (κ3) is 9.99. The summed E-state index contributed by atoms with van der Waals surface area (Å²) in [6.45, 7) is 1.13. The quantitative estimate of drug-likeness (QED) is 0.191. The number of methoxy groups -OCH3 is 1. The Morgan fingerprint density at radius 3 is 2.42 bits per heavy atom. The van der Waals surface area contributed by atoms with Gasteiger partial charge in [-0.1, -0.05) is 5.04 Å². The molecule has 0 spiro atoms. The Morgan fingerprint density at radius 1 is 1.21 bits per heavy atom. The molecule has 1 N–H and O–H groups in total. The molecule has 0 bridgehead atoms. The lowest BCUT2D eigenvalue weighted by Crippen LogP contribution is -2.28. The fourth-order valence-electron chi connectivity index (χ4n) is 0.909. The van der Waals surface area contributed by atoms with Crippen LogP contribution in [0.15, 0.2) is 0 Å². The molecule has 0 aliphatic carbocycles. The van der Waals surface area contributed by atoms with Crippen molar-refractivity contribution in [1.29, 1.82) is 0 Å². The van der Waals surface area contributed by atoms with E-state index in [-0.39, 0.29) is 19.6 Å². The van der Waals surface area contributed by atoms with Crippen molar-refractivity contribution < 1.29 is 42.4 Å². The third-order valence-electron chi connectivity index (χ3n) is 1.71. The molecule has 0 amide bonds. The van der Waals surface area contributed by atoms with Crippen molar-refractivity contribution in [3.05, 3.63) is 0 Å². The van der Waals surface area contributed by atoms with Gasteiger partial charge >= 0.3 is 11.2 Å². The van der Waals surface area contributed by atoms with Gasteiger partial charge in [0, 0.05) is 33.4 Å². The topological polar surface area (TPSA) is 83.5 Å². The van der Waals surface area contributed by atoms with Crippen LogP contribution in [-0.4, -0.2) is 50.0 Å². The van der Waals surface area contributed by atoms with Crippen LogP contribution in [0.4, 0.5) is 8.78 Å². The highest BCUT2D eigenvalue weighted by Crippen LogP contribution is 2.31. The maximum absolute atomic E-state index is 12.8. The Balaban J connectivity index is 3.52. The predicted octanol–water partition coefficient (Wildman–Crippen LogP) is 1.63. The van der Waals surface area contributed by atoms with Gasteiger partial charge in [-0.2, -0.15) is 8.78 Å². The van der Waals surface area contributed by atoms with Crippen molar-refractivity contribution in [2.24, 2.45) is 0 Å². The molecule has 114 valence electrons. The van der Waals surface area contributed by atoms with Gasteiger partial charge in [-0.05, 0) is 6.42 Å². The summed E-state index contributed by atoms with van der Waals surface area (Å²) < 4.78 is 43.4. The Hall–Kier alpha value is -0.520. The molecule has 0 atom stereocenters. The van der Waals surface area contributed by atoms with Gasteiger partial charge < -0.3 is 14.2 Å². The molecule has 0 rings (SSSR count). The Labute approximate surface area is 113 Å². The molecule has 0 saturated carbocycles. The first-order chi connectivity index (χ1) is 9.04. The summed E-state index contributed by atoms with van der Waals surface area (Å²) in [7, 11) is 1.57. The molecular weight excluding hydrogens is 290 g/mol. The largest absolute Gasteiger partial charge is 0.460 e. The van der Waals surface area contributed by atoms with Gasteiger partial charge in [0.25, 0.3) is 0 Å². The lowest BCUT2D eigenvalue weighted by Gasteiger charge is -2.12. The average molecular weight is 306 g/mol. The van der Waals surface area contributed by atoms with Crippen LogP contribution < -0.4 is 0 Å². The van der Waals surface area contributed by atoms with Crippen LogP contribution in [-0.2, 0) is 28.4 Å². The molecule has 19 heavy (non-hydrogen) atoms. The number of esters is 1. The van der Waals surface area contributed by atoms with Gasteiger partial charge in [-0.25, -0.2) is 10.1 Å². The fourth-order valence-corrected chi connectivity index (χ4v) is 1.15. The predicted molar refractivity (Wildman–Crippen MR) is 60.2 cm³/mol. The van der Waals surface area contributed by atoms with E-state index in [1.165, 1.54) is 0 Å². The third-order valence-corrected chi connectivity index (χ3v) is 2.21. The van der Waals surface area contributed by atoms with Crippen LogP contribution in [0.25, 0.3) is 0 Å². The molecule has 0 fully saturated rings. The van der Waals surface area contributed by atoms with E-state index in [1.54, 1.807) is 7.11 Å². The zero-order chi connectivity index (χ0) is 14.6. The molecule has 0 aromatic carbocycles. The van der Waals surface area contributed by atoms with Crippen molar-refractivity contribution in [3.63, 3.8) is 0 Å². The molecule has 0 aliphatic heterocycles. The number of halogens is 2. The summed E-state index contributed by atoms with van der Waals surface area (Å²) in [5, 5.41) is 6.70. The normalized spacial score (nSPS) is 11.6. The van der Waals surface area contributed by atoms with Crippen LogP contribution in [0, 0.1) is 0 Å². The van der Waals surface area contributed by atoms with E-state index in [0.717, 1.165) is 6.42 Å². The number of carbonyl (C=O) groups excluding carboxylic acids is 1. The van der Waals surface area contributed by atoms with Gasteiger partial charge in [0.15, 0.2) is 0 Å². The number of hydrogen-bond acceptors (Lipinski definition) is 8. The van der Waals surface area contributed by atoms with E-state index < -0.39 is 23.3 Å². The van der Waals surface area contributed by atoms with E-state index in [1.807, 2.05) is 0 Å². The van der Waals surface area contributed by atoms with Gasteiger partial charge in [-0.15, -0.1) is 4.33 Å². The van der Waals surface area contributed by atoms with Crippen LogP contribution in [0.3, 0.4) is 0 Å². The standard InChI is InChI=1S/C9H16F2O7S/c1-14-4-2-5-15-6-3-7-16-8(12)9(10,11)19-18-17-13/h13H,2-7H2,1H3. The molecule has 7 nitrogen and oxygen atoms in total. The lowest BCUT2D eigenvalue weighted by molar-refractivity contribution is -0.433. The second-order valence-corrected chi connectivity index (χ2v) is 4.01. The average Bonchev–Trinajstić information content (AvgIpc) is 2.39. The Morgan fingerprint density at radius 2 is 1.84 bits per heavy atom. The summed E-state index contributed by atoms with van der Waals surface area (Å²) in [6, 6.07) is 0. The monoisotopic (exact) mass is 306 g/mol. The highest BCUT2D eigenvalue weighted by Gasteiger charge is 2.44. The van der Waals surface area contributed by atoms with E-state index >= 15 is 0 Å². The Kier molecular flexibility index (Phi) is 11.0. The second kappa shape index (κ2) is 11.3. The SMILES string of the molecule is COCCCOCCCOC(=O)C(F)(F)SOOO. The van der Waals surface area contributed by atoms with Crippen LogP contribution in [0.1, 0.15) is 12.8 Å². The van der Waals surface area contributed by atoms with E-state index in [0.29, 0.717) is 13.2 Å². The summed E-state index contributed by atoms with van der Waals surface area (Å²) in [6.07, 6.45) is 1.01. The first-order valence-corrected chi connectivity index (χ1v) is 6.06. The summed E-state index contributed by atoms with van der Waals surface area (Å²) >= 11 is -0.661. The molecule has 0 heterocycles. The number of alkyl halides is 2. The van der Waals surface area contributed by atoms with Crippen molar-refractivity contribution in [2.45, 2.75) is 18.1 Å². The lowest BCUT2D eigenvalue weighted by atomic mass is 10.4. The highest BCUT2D eigenvalue weighted by atomic mass is 32.2. The van der Waals surface area contributed by atoms with E-state index in [4.69, 9.17) is 14.7 Å². The number of hydrogen-bond donors (Lipinski definition) is 1. The maximum Gasteiger partial charge on any atom is 0.415 e. The zero-order valence-electron chi connectivity index (χ0n) is 10.3. The molecule has 0 radical (unpaired) electrons. The Bertz CT molecular complexity index is 243. The molecule has 0 aromatic rings. The smallest absolute Gasteiger partial charge is 0.415 e. The van der Waals surface area contributed by atoms with Gasteiger partial charge in [-0.3, -0.25) is 0 Å². The second-order valence-electron chi connectivity index (χ2n) is 3.19. The maximum atomic E-state index is 12.8. The van der Waals surface area contributed by atoms with Crippen molar-refractivity contribution in [2.75, 3.05) is 33.5 Å². The van der Waals surface area contributed by atoms with Crippen molar-refractivity contribution in [3.8, 4) is 0 Å². The summed E-state index contributed by atoms with van der Waals surface area (Å²) in [5.74, 6) is -1.78. The van der Waals surface area contributed by atoms with Gasteiger partial charge in [0.05, 0.1) is 6.61 Å². The number of ether oxygens (including phenoxy) is 3. The first-order valence-electron chi connectivity index (χ1n) is 5.32. The van der Waals surface area contributed by atoms with Crippen LogP contribution in [0.5, 0.6) is 0 Å². The van der Waals surface area contributed by atoms with Crippen LogP contribution in [0.2, 0.25) is 0 Å². The molecule has 10 heteroatoms. The minimum atomic E-state index is -3.96. The van der Waals surface area contributed by atoms with Crippen molar-refractivity contribution in [1.82, 2.24) is 0 Å². The fraction of sp³-hybridized carbons (Fsp3) is 0.889. The molecule has 0 aromatic heterocycles. The van der Waals surface area contributed by atoms with Gasteiger partial charge in [0.1, 0.15) is 12.0 Å². The first kappa shape index (κ1) is 18.5. The molecule has 0 saturated heterocycles. The highest BCUT2D eigenvalue weighted by molar-refractivity contribution is 7.96. The molecular formula is C9H16F2O7S. The van der Waals surface area contributed by atoms with Crippen molar-refractivity contribution >= 4 is 18.0 Å². The number of carbonyl (C=O) groups is 1. The summed E-state index contributed by atoms with van der Waals surface area (Å²) in [5.41, 5.74) is 0. The summed E-state index contributed by atoms with van der Waals surface area (Å²) in [4.78, 5) is 10.9. The van der Waals surface area contributed by atoms with Gasteiger partial charge in [0.2, 0.25) is 0 Å². The minimum Gasteiger partial charge on any atom is -0.460 e. The molecule has 0 unspecified atom stereocenters. The minimum absolute atomic E-state index is 0.209. The van der Waals surface area contributed by atoms with E-state index in [2.05, 4.69) is 14.1 Å².